The highest BCUT2D eigenvalue weighted by Gasteiger charge is 2.07. The number of rotatable bonds is 23. The molecule has 0 aliphatic rings. The average molecular weight is 451 g/mol. The Morgan fingerprint density at radius 2 is 0.812 bits per heavy atom. The predicted molar refractivity (Wildman–Crippen MR) is 134 cm³/mol. The molecule has 0 N–H and O–H groups in total. The van der Waals surface area contributed by atoms with E-state index in [1.165, 1.54) is 102 Å². The number of ether oxygens (including phenoxy) is 2. The van der Waals surface area contributed by atoms with Crippen LogP contribution >= 0.6 is 0 Å². The zero-order valence-corrected chi connectivity index (χ0v) is 21.1. The maximum atomic E-state index is 11.7. The minimum absolute atomic E-state index is 0.0484. The summed E-state index contributed by atoms with van der Waals surface area (Å²) in [7, 11) is 0. The Kier molecular flexibility index (Phi) is 24.4. The average Bonchev–Trinajstić information content (AvgIpc) is 2.79. The topological polar surface area (TPSA) is 52.6 Å². The van der Waals surface area contributed by atoms with Crippen molar-refractivity contribution < 1.29 is 19.1 Å². The Labute approximate surface area is 198 Å². The lowest BCUT2D eigenvalue weighted by molar-refractivity contribution is -0.144. The van der Waals surface area contributed by atoms with Crippen molar-refractivity contribution in [3.05, 3.63) is 24.7 Å². The number of carbonyl (C=O) groups is 2. The summed E-state index contributed by atoms with van der Waals surface area (Å²) in [5.41, 5.74) is 0. The number of hydrogen-bond acceptors (Lipinski definition) is 4. The second kappa shape index (κ2) is 25.7. The van der Waals surface area contributed by atoms with Gasteiger partial charge in [0.1, 0.15) is 0 Å². The molecule has 0 bridgehead atoms. The molecule has 0 saturated heterocycles. The van der Waals surface area contributed by atoms with Crippen LogP contribution in [0.1, 0.15) is 142 Å². The Morgan fingerprint density at radius 3 is 1.16 bits per heavy atom. The molecular weight excluding hydrogens is 400 g/mol. The first-order valence-corrected chi connectivity index (χ1v) is 13.4. The van der Waals surface area contributed by atoms with E-state index in [9.17, 15) is 9.59 Å². The van der Waals surface area contributed by atoms with Gasteiger partial charge in [0.2, 0.25) is 0 Å². The van der Waals surface area contributed by atoms with E-state index < -0.39 is 11.9 Å². The van der Waals surface area contributed by atoms with Crippen LogP contribution in [0, 0.1) is 0 Å². The Morgan fingerprint density at radius 1 is 0.500 bits per heavy atom. The van der Waals surface area contributed by atoms with Crippen LogP contribution in [-0.2, 0) is 19.1 Å². The number of allylic oxidation sites excluding steroid dienone is 2. The molecule has 0 aromatic carbocycles. The van der Waals surface area contributed by atoms with Crippen LogP contribution in [0.2, 0.25) is 0 Å². The number of unbranched alkanes of at least 4 members (excludes halogenated alkanes) is 16. The highest BCUT2D eigenvalue weighted by atomic mass is 16.5. The molecule has 0 radical (unpaired) electrons. The summed E-state index contributed by atoms with van der Waals surface area (Å²) in [5.74, 6) is -0.783. The Balaban J connectivity index is 3.47. The lowest BCUT2D eigenvalue weighted by Crippen LogP contribution is -2.06. The van der Waals surface area contributed by atoms with Crippen LogP contribution in [0.5, 0.6) is 0 Å². The van der Waals surface area contributed by atoms with Gasteiger partial charge in [0.25, 0.3) is 0 Å². The van der Waals surface area contributed by atoms with E-state index in [2.05, 4.69) is 13.8 Å². The lowest BCUT2D eigenvalue weighted by atomic mass is 10.1. The molecule has 4 heteroatoms. The molecule has 32 heavy (non-hydrogen) atoms. The summed E-state index contributed by atoms with van der Waals surface area (Å²) in [6.07, 6.45) is 29.2. The van der Waals surface area contributed by atoms with Crippen molar-refractivity contribution >= 4 is 11.9 Å². The van der Waals surface area contributed by atoms with Gasteiger partial charge in [-0.1, -0.05) is 104 Å². The maximum Gasteiger partial charge on any atom is 0.311 e. The van der Waals surface area contributed by atoms with Crippen molar-refractivity contribution in [3.8, 4) is 0 Å². The number of esters is 2. The van der Waals surface area contributed by atoms with Crippen LogP contribution < -0.4 is 0 Å². The molecule has 0 unspecified atom stereocenters. The molecule has 0 aromatic heterocycles. The summed E-state index contributed by atoms with van der Waals surface area (Å²) < 4.78 is 10.1. The number of hydrogen-bond donors (Lipinski definition) is 0. The summed E-state index contributed by atoms with van der Waals surface area (Å²) in [6, 6.07) is 0. The first-order valence-electron chi connectivity index (χ1n) is 13.4. The SMILES string of the molecule is CCCCCCCCCC/C=C/OC(=O)CCC(=O)O/C=C/CCCCCCCCCC. The summed E-state index contributed by atoms with van der Waals surface area (Å²) >= 11 is 0. The minimum Gasteiger partial charge on any atom is -0.435 e. The van der Waals surface area contributed by atoms with E-state index in [1.807, 2.05) is 12.2 Å². The van der Waals surface area contributed by atoms with Gasteiger partial charge in [-0.25, -0.2) is 0 Å². The molecule has 0 atom stereocenters. The van der Waals surface area contributed by atoms with Gasteiger partial charge in [0.15, 0.2) is 0 Å². The van der Waals surface area contributed by atoms with E-state index in [1.54, 1.807) is 0 Å². The normalized spacial score (nSPS) is 11.4. The van der Waals surface area contributed by atoms with Crippen LogP contribution in [-0.4, -0.2) is 11.9 Å². The Hall–Kier alpha value is -1.58. The molecule has 0 rings (SSSR count). The fourth-order valence-corrected chi connectivity index (χ4v) is 3.50. The molecule has 0 aliphatic heterocycles. The first-order chi connectivity index (χ1) is 15.7. The van der Waals surface area contributed by atoms with Crippen LogP contribution in [0.4, 0.5) is 0 Å². The highest BCUT2D eigenvalue weighted by Crippen LogP contribution is 2.11. The minimum atomic E-state index is -0.392. The van der Waals surface area contributed by atoms with Gasteiger partial charge >= 0.3 is 11.9 Å². The van der Waals surface area contributed by atoms with Crippen molar-refractivity contribution in [2.75, 3.05) is 0 Å². The van der Waals surface area contributed by atoms with Gasteiger partial charge in [-0.15, -0.1) is 0 Å². The smallest absolute Gasteiger partial charge is 0.311 e. The molecule has 0 heterocycles. The largest absolute Gasteiger partial charge is 0.435 e. The second-order valence-electron chi connectivity index (χ2n) is 8.75. The van der Waals surface area contributed by atoms with Crippen molar-refractivity contribution in [2.24, 2.45) is 0 Å². The lowest BCUT2D eigenvalue weighted by Gasteiger charge is -2.01. The zero-order valence-electron chi connectivity index (χ0n) is 21.1. The third kappa shape index (κ3) is 24.7. The van der Waals surface area contributed by atoms with Gasteiger partial charge in [0.05, 0.1) is 25.4 Å². The standard InChI is InChI=1S/C28H50O4/c1-3-5-7-9-11-13-15-17-19-21-25-31-27(29)23-24-28(30)32-26-22-20-18-16-14-12-10-8-6-4-2/h21-22,25-26H,3-20,23-24H2,1-2H3/b25-21+,26-22+. The van der Waals surface area contributed by atoms with Crippen LogP contribution in [0.15, 0.2) is 24.7 Å². The van der Waals surface area contributed by atoms with E-state index >= 15 is 0 Å². The van der Waals surface area contributed by atoms with E-state index in [0.29, 0.717) is 0 Å². The molecule has 0 spiro atoms. The summed E-state index contributed by atoms with van der Waals surface area (Å²) in [4.78, 5) is 23.3. The zero-order chi connectivity index (χ0) is 23.5. The van der Waals surface area contributed by atoms with Gasteiger partial charge in [-0.2, -0.15) is 0 Å². The summed E-state index contributed by atoms with van der Waals surface area (Å²) in [6.45, 7) is 4.48. The predicted octanol–water partition coefficient (Wildman–Crippen LogP) is 8.94. The number of carbonyl (C=O) groups excluding carboxylic acids is 2. The monoisotopic (exact) mass is 450 g/mol. The van der Waals surface area contributed by atoms with Crippen LogP contribution in [0.3, 0.4) is 0 Å². The quantitative estimate of drug-likeness (QED) is 0.0885. The molecule has 4 nitrogen and oxygen atoms in total. The fraction of sp³-hybridized carbons (Fsp3) is 0.786. The van der Waals surface area contributed by atoms with Crippen molar-refractivity contribution in [1.29, 1.82) is 0 Å². The molecule has 0 aliphatic carbocycles. The first kappa shape index (κ1) is 30.4. The fourth-order valence-electron chi connectivity index (χ4n) is 3.50. The second-order valence-corrected chi connectivity index (χ2v) is 8.75. The molecule has 0 fully saturated rings. The van der Waals surface area contributed by atoms with Gasteiger partial charge in [-0.3, -0.25) is 9.59 Å². The molecule has 0 aromatic rings. The van der Waals surface area contributed by atoms with E-state index in [-0.39, 0.29) is 12.8 Å². The van der Waals surface area contributed by atoms with Gasteiger partial charge in [-0.05, 0) is 37.8 Å². The van der Waals surface area contributed by atoms with E-state index in [0.717, 1.165) is 25.7 Å². The van der Waals surface area contributed by atoms with E-state index in [4.69, 9.17) is 9.47 Å². The highest BCUT2D eigenvalue weighted by molar-refractivity contribution is 5.78. The maximum absolute atomic E-state index is 11.7. The van der Waals surface area contributed by atoms with Gasteiger partial charge < -0.3 is 9.47 Å². The third-order valence-corrected chi connectivity index (χ3v) is 5.57. The third-order valence-electron chi connectivity index (χ3n) is 5.57. The van der Waals surface area contributed by atoms with Gasteiger partial charge in [0, 0.05) is 0 Å². The molecular formula is C28H50O4. The van der Waals surface area contributed by atoms with Crippen molar-refractivity contribution in [3.63, 3.8) is 0 Å². The van der Waals surface area contributed by atoms with Crippen LogP contribution in [0.25, 0.3) is 0 Å². The van der Waals surface area contributed by atoms with Crippen molar-refractivity contribution in [2.45, 2.75) is 142 Å². The van der Waals surface area contributed by atoms with Crippen molar-refractivity contribution in [1.82, 2.24) is 0 Å². The molecule has 0 saturated carbocycles. The molecule has 186 valence electrons. The summed E-state index contributed by atoms with van der Waals surface area (Å²) in [5, 5.41) is 0. The molecule has 0 amide bonds. The Bertz CT molecular complexity index is 438.